The van der Waals surface area contributed by atoms with Gasteiger partial charge in [-0.25, -0.2) is 4.79 Å². The van der Waals surface area contributed by atoms with Crippen LogP contribution in [-0.2, 0) is 0 Å². The summed E-state index contributed by atoms with van der Waals surface area (Å²) in [6.45, 7) is 3.38. The first-order chi connectivity index (χ1) is 9.78. The molecule has 3 rings (SSSR count). The summed E-state index contributed by atoms with van der Waals surface area (Å²) in [6, 6.07) is 5.85. The maximum absolute atomic E-state index is 13.0. The van der Waals surface area contributed by atoms with Gasteiger partial charge in [0.2, 0.25) is 0 Å². The summed E-state index contributed by atoms with van der Waals surface area (Å²) in [7, 11) is 0. The molecule has 0 unspecified atom stereocenters. The van der Waals surface area contributed by atoms with Gasteiger partial charge in [0, 0.05) is 23.1 Å². The number of carboxylic acids is 1. The largest absolute Gasteiger partial charge is 0.586 e. The number of aryl methyl sites for hydroxylation is 1. The van der Waals surface area contributed by atoms with E-state index in [1.807, 2.05) is 0 Å². The monoisotopic (exact) mass is 295 g/mol. The number of hydrogen-bond donors (Lipinski definition) is 1. The molecule has 0 radical (unpaired) electrons. The molecule has 0 atom stereocenters. The summed E-state index contributed by atoms with van der Waals surface area (Å²) in [6.07, 6.45) is -3.67. The number of ether oxygens (including phenoxy) is 2. The lowest BCUT2D eigenvalue weighted by molar-refractivity contribution is -0.286. The van der Waals surface area contributed by atoms with E-state index in [0.29, 0.717) is 17.1 Å². The first-order valence-electron chi connectivity index (χ1n) is 6.11. The minimum absolute atomic E-state index is 0.0512. The molecule has 0 amide bonds. The van der Waals surface area contributed by atoms with E-state index < -0.39 is 12.3 Å². The number of rotatable bonds is 2. The number of nitrogens with zero attached hydrogens (tertiary/aromatic N) is 1. The number of aromatic carboxylic acids is 1. The van der Waals surface area contributed by atoms with E-state index in [0.717, 1.165) is 0 Å². The minimum Gasteiger partial charge on any atom is -0.478 e. The third-order valence-corrected chi connectivity index (χ3v) is 3.30. The first-order valence-corrected chi connectivity index (χ1v) is 6.11. The Morgan fingerprint density at radius 3 is 2.48 bits per heavy atom. The fourth-order valence-corrected chi connectivity index (χ4v) is 2.45. The Bertz CT molecular complexity index is 752. The van der Waals surface area contributed by atoms with Gasteiger partial charge in [0.05, 0.1) is 5.56 Å². The smallest absolute Gasteiger partial charge is 0.478 e. The lowest BCUT2D eigenvalue weighted by Crippen LogP contribution is -2.25. The summed E-state index contributed by atoms with van der Waals surface area (Å²) >= 11 is 0. The summed E-state index contributed by atoms with van der Waals surface area (Å²) < 4.78 is 36.4. The van der Waals surface area contributed by atoms with Crippen molar-refractivity contribution >= 4 is 5.97 Å². The number of carboxylic acid groups (broad SMARTS) is 1. The molecule has 2 aromatic rings. The first kappa shape index (κ1) is 13.4. The molecular weight excluding hydrogens is 284 g/mol. The number of alkyl halides is 2. The van der Waals surface area contributed by atoms with Gasteiger partial charge in [-0.3, -0.25) is 0 Å². The molecule has 0 aliphatic carbocycles. The van der Waals surface area contributed by atoms with Crippen LogP contribution in [0.4, 0.5) is 8.78 Å². The van der Waals surface area contributed by atoms with Crippen LogP contribution in [-0.4, -0.2) is 21.9 Å². The number of carbonyl (C=O) groups is 1. The Kier molecular flexibility index (Phi) is 2.69. The second kappa shape index (κ2) is 4.21. The van der Waals surface area contributed by atoms with Gasteiger partial charge >= 0.3 is 12.3 Å². The van der Waals surface area contributed by atoms with Gasteiger partial charge in [-0.15, -0.1) is 8.78 Å². The van der Waals surface area contributed by atoms with Gasteiger partial charge in [0.25, 0.3) is 0 Å². The summed E-state index contributed by atoms with van der Waals surface area (Å²) in [5.41, 5.74) is 1.87. The van der Waals surface area contributed by atoms with Gasteiger partial charge in [0.1, 0.15) is 0 Å². The van der Waals surface area contributed by atoms with Gasteiger partial charge in [-0.1, -0.05) is 0 Å². The highest BCUT2D eigenvalue weighted by Crippen LogP contribution is 2.42. The van der Waals surface area contributed by atoms with Crippen molar-refractivity contribution in [2.45, 2.75) is 20.1 Å². The van der Waals surface area contributed by atoms with Crippen LogP contribution in [0.1, 0.15) is 21.7 Å². The molecule has 1 aromatic carbocycles. The van der Waals surface area contributed by atoms with Crippen LogP contribution in [0.25, 0.3) is 5.69 Å². The van der Waals surface area contributed by atoms with Gasteiger partial charge in [-0.05, 0) is 32.0 Å². The number of benzene rings is 1. The third-order valence-electron chi connectivity index (χ3n) is 3.30. The van der Waals surface area contributed by atoms with Crippen molar-refractivity contribution in [3.05, 3.63) is 41.2 Å². The topological polar surface area (TPSA) is 60.7 Å². The highest BCUT2D eigenvalue weighted by molar-refractivity contribution is 5.89. The van der Waals surface area contributed by atoms with E-state index in [2.05, 4.69) is 9.47 Å². The molecule has 1 N–H and O–H groups in total. The van der Waals surface area contributed by atoms with Crippen LogP contribution in [0.5, 0.6) is 11.5 Å². The van der Waals surface area contributed by atoms with E-state index >= 15 is 0 Å². The van der Waals surface area contributed by atoms with Crippen molar-refractivity contribution in [2.75, 3.05) is 0 Å². The average Bonchev–Trinajstić information content (AvgIpc) is 2.83. The van der Waals surface area contributed by atoms with Gasteiger partial charge in [-0.2, -0.15) is 0 Å². The zero-order valence-corrected chi connectivity index (χ0v) is 11.2. The van der Waals surface area contributed by atoms with E-state index in [-0.39, 0.29) is 17.1 Å². The lowest BCUT2D eigenvalue weighted by Gasteiger charge is -2.10. The van der Waals surface area contributed by atoms with E-state index in [1.165, 1.54) is 18.2 Å². The summed E-state index contributed by atoms with van der Waals surface area (Å²) in [4.78, 5) is 11.1. The normalized spacial score (nSPS) is 15.2. The van der Waals surface area contributed by atoms with Crippen LogP contribution >= 0.6 is 0 Å². The molecule has 21 heavy (non-hydrogen) atoms. The molecule has 0 saturated heterocycles. The highest BCUT2D eigenvalue weighted by Gasteiger charge is 2.43. The molecule has 5 nitrogen and oxygen atoms in total. The maximum atomic E-state index is 13.0. The van der Waals surface area contributed by atoms with E-state index in [9.17, 15) is 13.6 Å². The molecule has 0 fully saturated rings. The Balaban J connectivity index is 2.10. The van der Waals surface area contributed by atoms with Crippen molar-refractivity contribution in [3.63, 3.8) is 0 Å². The molecule has 0 bridgehead atoms. The molecule has 0 spiro atoms. The van der Waals surface area contributed by atoms with Crippen LogP contribution in [0, 0.1) is 13.8 Å². The Labute approximate surface area is 118 Å². The van der Waals surface area contributed by atoms with Crippen molar-refractivity contribution in [3.8, 4) is 17.2 Å². The Morgan fingerprint density at radius 1 is 1.19 bits per heavy atom. The minimum atomic E-state index is -3.67. The zero-order valence-electron chi connectivity index (χ0n) is 11.2. The Morgan fingerprint density at radius 2 is 1.86 bits per heavy atom. The molecular formula is C14H11F2NO4. The lowest BCUT2D eigenvalue weighted by atomic mass is 10.2. The Hall–Kier alpha value is -2.57. The van der Waals surface area contributed by atoms with Crippen LogP contribution in [0.15, 0.2) is 24.3 Å². The standard InChI is InChI=1S/C14H11F2NO4/c1-7-5-10(13(18)19)8(2)17(7)9-3-4-11-12(6-9)21-14(15,16)20-11/h3-6H,1-2H3,(H,18,19). The molecule has 110 valence electrons. The third kappa shape index (κ3) is 2.10. The fraction of sp³-hybridized carbons (Fsp3) is 0.214. The quantitative estimate of drug-likeness (QED) is 0.924. The van der Waals surface area contributed by atoms with Crippen molar-refractivity contribution in [2.24, 2.45) is 0 Å². The van der Waals surface area contributed by atoms with Crippen LogP contribution in [0.2, 0.25) is 0 Å². The maximum Gasteiger partial charge on any atom is 0.586 e. The fourth-order valence-electron chi connectivity index (χ4n) is 2.45. The highest BCUT2D eigenvalue weighted by atomic mass is 19.3. The SMILES string of the molecule is Cc1cc(C(=O)O)c(C)n1-c1ccc2c(c1)OC(F)(F)O2. The molecule has 7 heteroatoms. The summed E-state index contributed by atoms with van der Waals surface area (Å²) in [5, 5.41) is 9.12. The van der Waals surface area contributed by atoms with Gasteiger partial charge in [0.15, 0.2) is 11.5 Å². The second-order valence-corrected chi connectivity index (χ2v) is 4.72. The molecule has 1 aliphatic rings. The van der Waals surface area contributed by atoms with Crippen molar-refractivity contribution < 1.29 is 28.2 Å². The zero-order chi connectivity index (χ0) is 15.4. The number of hydrogen-bond acceptors (Lipinski definition) is 3. The molecule has 0 saturated carbocycles. The predicted molar refractivity (Wildman–Crippen MR) is 68.4 cm³/mol. The number of halogens is 2. The van der Waals surface area contributed by atoms with Crippen molar-refractivity contribution in [1.82, 2.24) is 4.57 Å². The number of aromatic nitrogens is 1. The van der Waals surface area contributed by atoms with Crippen LogP contribution in [0.3, 0.4) is 0 Å². The number of fused-ring (bicyclic) bond motifs is 1. The second-order valence-electron chi connectivity index (χ2n) is 4.72. The van der Waals surface area contributed by atoms with Crippen molar-refractivity contribution in [1.29, 1.82) is 0 Å². The molecule has 1 aliphatic heterocycles. The van der Waals surface area contributed by atoms with Crippen LogP contribution < -0.4 is 9.47 Å². The molecule has 2 heterocycles. The average molecular weight is 295 g/mol. The van der Waals surface area contributed by atoms with E-state index in [1.54, 1.807) is 24.5 Å². The van der Waals surface area contributed by atoms with E-state index in [4.69, 9.17) is 5.11 Å². The summed E-state index contributed by atoms with van der Waals surface area (Å²) in [5.74, 6) is -1.17. The predicted octanol–water partition coefficient (Wildman–Crippen LogP) is 3.11. The molecule has 1 aromatic heterocycles. The van der Waals surface area contributed by atoms with Gasteiger partial charge < -0.3 is 19.1 Å².